The van der Waals surface area contributed by atoms with E-state index in [0.717, 1.165) is 38.2 Å². The monoisotopic (exact) mass is 277 g/mol. The number of likely N-dealkylation sites (tertiary alicyclic amines) is 1. The van der Waals surface area contributed by atoms with Crippen molar-refractivity contribution in [3.63, 3.8) is 0 Å². The van der Waals surface area contributed by atoms with Gasteiger partial charge in [0.25, 0.3) is 0 Å². The minimum Gasteiger partial charge on any atom is -0.371 e. The highest BCUT2D eigenvalue weighted by atomic mass is 19.1. The van der Waals surface area contributed by atoms with E-state index in [0.29, 0.717) is 12.0 Å². The molecule has 2 atom stereocenters. The molecule has 2 unspecified atom stereocenters. The Morgan fingerprint density at radius 1 is 1.30 bits per heavy atom. The van der Waals surface area contributed by atoms with Crippen LogP contribution in [0.2, 0.25) is 0 Å². The van der Waals surface area contributed by atoms with Crippen LogP contribution in [0.5, 0.6) is 0 Å². The molecule has 2 saturated heterocycles. The number of nitrogens with zero attached hydrogens (tertiary/aromatic N) is 2. The molecular weight excluding hydrogens is 253 g/mol. The van der Waals surface area contributed by atoms with Crippen molar-refractivity contribution in [3.05, 3.63) is 29.6 Å². The van der Waals surface area contributed by atoms with Crippen LogP contribution in [0, 0.1) is 11.7 Å². The molecule has 3 rings (SSSR count). The summed E-state index contributed by atoms with van der Waals surface area (Å²) in [6.07, 6.45) is 3.52. The first kappa shape index (κ1) is 13.8. The maximum absolute atomic E-state index is 13.7. The molecule has 1 aromatic carbocycles. The lowest BCUT2D eigenvalue weighted by molar-refractivity contribution is 0.313. The van der Waals surface area contributed by atoms with E-state index in [1.807, 2.05) is 6.07 Å². The van der Waals surface area contributed by atoms with Gasteiger partial charge >= 0.3 is 0 Å². The lowest BCUT2D eigenvalue weighted by Gasteiger charge is -2.27. The van der Waals surface area contributed by atoms with Gasteiger partial charge in [0.2, 0.25) is 0 Å². The van der Waals surface area contributed by atoms with E-state index in [-0.39, 0.29) is 5.82 Å². The van der Waals surface area contributed by atoms with Crippen LogP contribution in [0.15, 0.2) is 18.2 Å². The Labute approximate surface area is 120 Å². The molecule has 110 valence electrons. The van der Waals surface area contributed by atoms with Crippen molar-refractivity contribution in [3.8, 4) is 0 Å². The summed E-state index contributed by atoms with van der Waals surface area (Å²) in [6.45, 7) is 3.91. The van der Waals surface area contributed by atoms with Gasteiger partial charge in [0, 0.05) is 31.4 Å². The molecule has 0 saturated carbocycles. The smallest absolute Gasteiger partial charge is 0.123 e. The first-order valence-electron chi connectivity index (χ1n) is 7.63. The van der Waals surface area contributed by atoms with Gasteiger partial charge < -0.3 is 10.6 Å². The van der Waals surface area contributed by atoms with Crippen LogP contribution in [0.25, 0.3) is 0 Å². The highest BCUT2D eigenvalue weighted by Gasteiger charge is 2.32. The zero-order valence-electron chi connectivity index (χ0n) is 12.2. The second-order valence-corrected chi connectivity index (χ2v) is 6.19. The van der Waals surface area contributed by atoms with Gasteiger partial charge in [-0.2, -0.15) is 0 Å². The van der Waals surface area contributed by atoms with Gasteiger partial charge in [0.05, 0.1) is 0 Å². The van der Waals surface area contributed by atoms with Crippen LogP contribution in [0.1, 0.15) is 30.9 Å². The molecule has 0 radical (unpaired) electrons. The molecule has 0 aliphatic carbocycles. The molecule has 2 aliphatic rings. The van der Waals surface area contributed by atoms with Crippen molar-refractivity contribution in [2.75, 3.05) is 38.1 Å². The van der Waals surface area contributed by atoms with Gasteiger partial charge in [-0.3, -0.25) is 4.90 Å². The van der Waals surface area contributed by atoms with Gasteiger partial charge in [-0.25, -0.2) is 4.39 Å². The Bertz CT molecular complexity index is 471. The minimum absolute atomic E-state index is 0.132. The number of rotatable bonds is 3. The first-order valence-corrected chi connectivity index (χ1v) is 7.63. The Hall–Kier alpha value is -1.13. The van der Waals surface area contributed by atoms with Crippen LogP contribution in [0.3, 0.4) is 0 Å². The Kier molecular flexibility index (Phi) is 3.94. The van der Waals surface area contributed by atoms with E-state index >= 15 is 0 Å². The zero-order valence-corrected chi connectivity index (χ0v) is 12.2. The van der Waals surface area contributed by atoms with Crippen LogP contribution >= 0.6 is 0 Å². The highest BCUT2D eigenvalue weighted by Crippen LogP contribution is 2.39. The molecule has 20 heavy (non-hydrogen) atoms. The summed E-state index contributed by atoms with van der Waals surface area (Å²) < 4.78 is 13.7. The van der Waals surface area contributed by atoms with Crippen LogP contribution in [0.4, 0.5) is 10.1 Å². The molecule has 2 aliphatic heterocycles. The highest BCUT2D eigenvalue weighted by molar-refractivity contribution is 5.56. The second kappa shape index (κ2) is 5.70. The molecule has 0 bridgehead atoms. The molecule has 0 amide bonds. The van der Waals surface area contributed by atoms with Gasteiger partial charge in [-0.15, -0.1) is 0 Å². The van der Waals surface area contributed by atoms with Crippen molar-refractivity contribution in [2.24, 2.45) is 11.7 Å². The van der Waals surface area contributed by atoms with E-state index < -0.39 is 0 Å². The lowest BCUT2D eigenvalue weighted by Crippen LogP contribution is -2.24. The number of nitrogens with two attached hydrogens (primary N) is 1. The standard InChI is InChI=1S/C16H24FN3/c1-19-11-12(10-18)8-16(19)14-9-13(17)4-5-15(14)20-6-2-3-7-20/h4-5,9,12,16H,2-3,6-8,10-11,18H2,1H3. The summed E-state index contributed by atoms with van der Waals surface area (Å²) >= 11 is 0. The van der Waals surface area contributed by atoms with Gasteiger partial charge in [0.15, 0.2) is 0 Å². The zero-order chi connectivity index (χ0) is 14.1. The van der Waals surface area contributed by atoms with Crippen molar-refractivity contribution in [2.45, 2.75) is 25.3 Å². The number of benzene rings is 1. The predicted octanol–water partition coefficient (Wildman–Crippen LogP) is 2.38. The molecule has 2 fully saturated rings. The molecule has 1 aromatic rings. The third-order valence-electron chi connectivity index (χ3n) is 4.76. The molecular formula is C16H24FN3. The summed E-state index contributed by atoms with van der Waals surface area (Å²) in [6, 6.07) is 5.58. The van der Waals surface area contributed by atoms with E-state index in [1.54, 1.807) is 12.1 Å². The Morgan fingerprint density at radius 2 is 2.05 bits per heavy atom. The van der Waals surface area contributed by atoms with E-state index in [2.05, 4.69) is 16.8 Å². The molecule has 2 heterocycles. The average molecular weight is 277 g/mol. The fourth-order valence-corrected chi connectivity index (χ4v) is 3.68. The average Bonchev–Trinajstić information content (AvgIpc) is 3.07. The maximum Gasteiger partial charge on any atom is 0.123 e. The Morgan fingerprint density at radius 3 is 2.70 bits per heavy atom. The van der Waals surface area contributed by atoms with E-state index in [4.69, 9.17) is 5.73 Å². The van der Waals surface area contributed by atoms with Crippen LogP contribution in [-0.4, -0.2) is 38.1 Å². The van der Waals surface area contributed by atoms with Crippen LogP contribution < -0.4 is 10.6 Å². The van der Waals surface area contributed by atoms with Crippen molar-refractivity contribution < 1.29 is 4.39 Å². The summed E-state index contributed by atoms with van der Waals surface area (Å²) in [5.74, 6) is 0.396. The number of anilines is 1. The fraction of sp³-hybridized carbons (Fsp3) is 0.625. The van der Waals surface area contributed by atoms with Crippen LogP contribution in [-0.2, 0) is 0 Å². The van der Waals surface area contributed by atoms with Crippen molar-refractivity contribution >= 4 is 5.69 Å². The van der Waals surface area contributed by atoms with E-state index in [1.165, 1.54) is 18.5 Å². The molecule has 2 N–H and O–H groups in total. The molecule has 0 aromatic heterocycles. The predicted molar refractivity (Wildman–Crippen MR) is 80.4 cm³/mol. The minimum atomic E-state index is -0.132. The maximum atomic E-state index is 13.7. The topological polar surface area (TPSA) is 32.5 Å². The first-order chi connectivity index (χ1) is 9.69. The van der Waals surface area contributed by atoms with Gasteiger partial charge in [-0.1, -0.05) is 0 Å². The fourth-order valence-electron chi connectivity index (χ4n) is 3.68. The summed E-state index contributed by atoms with van der Waals surface area (Å²) in [7, 11) is 2.12. The summed E-state index contributed by atoms with van der Waals surface area (Å²) in [4.78, 5) is 4.73. The van der Waals surface area contributed by atoms with Crippen molar-refractivity contribution in [1.29, 1.82) is 0 Å². The number of hydrogen-bond donors (Lipinski definition) is 1. The SMILES string of the molecule is CN1CC(CN)CC1c1cc(F)ccc1N1CCCC1. The number of halogens is 1. The van der Waals surface area contributed by atoms with Gasteiger partial charge in [-0.05, 0) is 62.5 Å². The quantitative estimate of drug-likeness (QED) is 0.920. The normalized spacial score (nSPS) is 27.4. The summed E-state index contributed by atoms with van der Waals surface area (Å²) in [5, 5.41) is 0. The van der Waals surface area contributed by atoms with Crippen molar-refractivity contribution in [1.82, 2.24) is 4.90 Å². The lowest BCUT2D eigenvalue weighted by atomic mass is 9.98. The Balaban J connectivity index is 1.93. The molecule has 4 heteroatoms. The van der Waals surface area contributed by atoms with E-state index in [9.17, 15) is 4.39 Å². The second-order valence-electron chi connectivity index (χ2n) is 6.19. The molecule has 3 nitrogen and oxygen atoms in total. The number of hydrogen-bond acceptors (Lipinski definition) is 3. The third-order valence-corrected chi connectivity index (χ3v) is 4.76. The summed E-state index contributed by atoms with van der Waals surface area (Å²) in [5.41, 5.74) is 8.18. The third kappa shape index (κ3) is 2.54. The largest absolute Gasteiger partial charge is 0.371 e. The van der Waals surface area contributed by atoms with Gasteiger partial charge in [0.1, 0.15) is 5.82 Å². The molecule has 0 spiro atoms.